The Morgan fingerprint density at radius 1 is 1.65 bits per heavy atom. The zero-order valence-corrected chi connectivity index (χ0v) is 10.6. The molecule has 1 unspecified atom stereocenters. The lowest BCUT2D eigenvalue weighted by atomic mass is 10.1. The van der Waals surface area contributed by atoms with Crippen LogP contribution in [-0.2, 0) is 11.3 Å². The maximum Gasteiger partial charge on any atom is 0.307 e. The van der Waals surface area contributed by atoms with E-state index >= 15 is 0 Å². The summed E-state index contributed by atoms with van der Waals surface area (Å²) in [7, 11) is 0. The van der Waals surface area contributed by atoms with Crippen LogP contribution in [0, 0.1) is 6.92 Å². The first-order chi connectivity index (χ1) is 8.08. The Bertz CT molecular complexity index is 466. The molecule has 0 aromatic carbocycles. The number of likely N-dealkylation sites (tertiary alicyclic amines) is 1. The van der Waals surface area contributed by atoms with Crippen molar-refractivity contribution in [1.82, 2.24) is 9.47 Å². The first-order valence-electron chi connectivity index (χ1n) is 5.68. The molecule has 0 aliphatic carbocycles. The van der Waals surface area contributed by atoms with Crippen molar-refractivity contribution in [3.8, 4) is 0 Å². The number of hydrogen-bond acceptors (Lipinski definition) is 4. The van der Waals surface area contributed by atoms with Crippen LogP contribution < -0.4 is 4.87 Å². The van der Waals surface area contributed by atoms with Gasteiger partial charge >= 0.3 is 4.87 Å². The van der Waals surface area contributed by atoms with Gasteiger partial charge in [-0.05, 0) is 19.8 Å². The van der Waals surface area contributed by atoms with Gasteiger partial charge in [0.05, 0.1) is 6.10 Å². The molecule has 17 heavy (non-hydrogen) atoms. The van der Waals surface area contributed by atoms with Crippen molar-refractivity contribution in [1.29, 1.82) is 0 Å². The van der Waals surface area contributed by atoms with E-state index in [1.807, 2.05) is 6.92 Å². The number of piperidine rings is 1. The number of aromatic nitrogens is 1. The Morgan fingerprint density at radius 3 is 3.00 bits per heavy atom. The average molecular weight is 256 g/mol. The van der Waals surface area contributed by atoms with Crippen molar-refractivity contribution < 1.29 is 9.90 Å². The molecule has 94 valence electrons. The van der Waals surface area contributed by atoms with Gasteiger partial charge in [-0.3, -0.25) is 14.2 Å². The number of hydrogen-bond donors (Lipinski definition) is 1. The van der Waals surface area contributed by atoms with E-state index in [-0.39, 0.29) is 17.3 Å². The summed E-state index contributed by atoms with van der Waals surface area (Å²) in [4.78, 5) is 25.0. The Kier molecular flexibility index (Phi) is 3.63. The van der Waals surface area contributed by atoms with Gasteiger partial charge in [0, 0.05) is 24.2 Å². The third-order valence-corrected chi connectivity index (χ3v) is 3.90. The fraction of sp³-hybridized carbons (Fsp3) is 0.636. The first kappa shape index (κ1) is 12.3. The monoisotopic (exact) mass is 256 g/mol. The Balaban J connectivity index is 2.04. The maximum absolute atomic E-state index is 12.0. The lowest BCUT2D eigenvalue weighted by Crippen LogP contribution is -2.44. The lowest BCUT2D eigenvalue weighted by Gasteiger charge is -2.30. The average Bonchev–Trinajstić information content (AvgIpc) is 2.61. The normalized spacial score (nSPS) is 20.6. The van der Waals surface area contributed by atoms with Gasteiger partial charge in [-0.2, -0.15) is 0 Å². The molecule has 2 heterocycles. The van der Waals surface area contributed by atoms with Gasteiger partial charge in [0.15, 0.2) is 0 Å². The van der Waals surface area contributed by atoms with Crippen LogP contribution in [0.15, 0.2) is 10.2 Å². The molecule has 1 aliphatic heterocycles. The number of nitrogens with zero attached hydrogens (tertiary/aromatic N) is 2. The fourth-order valence-electron chi connectivity index (χ4n) is 2.01. The summed E-state index contributed by atoms with van der Waals surface area (Å²) in [5, 5.41) is 11.3. The van der Waals surface area contributed by atoms with Gasteiger partial charge in [0.1, 0.15) is 6.54 Å². The van der Waals surface area contributed by atoms with E-state index in [9.17, 15) is 14.7 Å². The number of rotatable bonds is 2. The van der Waals surface area contributed by atoms with E-state index in [2.05, 4.69) is 0 Å². The first-order valence-corrected chi connectivity index (χ1v) is 6.56. The number of aliphatic hydroxyl groups excluding tert-OH is 1. The van der Waals surface area contributed by atoms with Gasteiger partial charge in [-0.25, -0.2) is 0 Å². The molecule has 6 heteroatoms. The minimum Gasteiger partial charge on any atom is -0.391 e. The molecule has 0 saturated carbocycles. The van der Waals surface area contributed by atoms with Gasteiger partial charge < -0.3 is 10.0 Å². The van der Waals surface area contributed by atoms with Gasteiger partial charge in [-0.15, -0.1) is 0 Å². The molecular formula is C11H16N2O3S. The summed E-state index contributed by atoms with van der Waals surface area (Å²) in [6.45, 7) is 2.96. The SMILES string of the molecule is Cc1csc(=O)n1CC(=O)N1CCCC(O)C1. The van der Waals surface area contributed by atoms with E-state index in [1.54, 1.807) is 10.3 Å². The Morgan fingerprint density at radius 2 is 2.41 bits per heavy atom. The van der Waals surface area contributed by atoms with Crippen molar-refractivity contribution in [3.63, 3.8) is 0 Å². The largest absolute Gasteiger partial charge is 0.391 e. The standard InChI is InChI=1S/C11H16N2O3S/c1-8-7-17-11(16)13(8)6-10(15)12-4-2-3-9(14)5-12/h7,9,14H,2-6H2,1H3. The van der Waals surface area contributed by atoms with Crippen LogP contribution in [0.1, 0.15) is 18.5 Å². The molecule has 1 atom stereocenters. The molecule has 5 nitrogen and oxygen atoms in total. The summed E-state index contributed by atoms with van der Waals surface area (Å²) < 4.78 is 1.48. The predicted molar refractivity (Wildman–Crippen MR) is 65.1 cm³/mol. The number of aryl methyl sites for hydroxylation is 1. The smallest absolute Gasteiger partial charge is 0.307 e. The summed E-state index contributed by atoms with van der Waals surface area (Å²) in [5.74, 6) is -0.0904. The zero-order chi connectivity index (χ0) is 12.4. The molecule has 1 fully saturated rings. The van der Waals surface area contributed by atoms with Crippen LogP contribution in [0.25, 0.3) is 0 Å². The van der Waals surface area contributed by atoms with E-state index in [4.69, 9.17) is 0 Å². The van der Waals surface area contributed by atoms with E-state index in [0.717, 1.165) is 29.9 Å². The molecule has 1 amide bonds. The van der Waals surface area contributed by atoms with Crippen molar-refractivity contribution in [2.45, 2.75) is 32.4 Å². The molecule has 1 aromatic heterocycles. The Hall–Kier alpha value is -1.14. The molecule has 0 bridgehead atoms. The second-order valence-corrected chi connectivity index (χ2v) is 5.19. The van der Waals surface area contributed by atoms with Gasteiger partial charge in [-0.1, -0.05) is 11.3 Å². The number of β-amino-alcohol motifs (C(OH)–C–C–N with tert-alkyl or cyclic N) is 1. The molecular weight excluding hydrogens is 240 g/mol. The van der Waals surface area contributed by atoms with Gasteiger partial charge in [0.2, 0.25) is 5.91 Å². The highest BCUT2D eigenvalue weighted by Gasteiger charge is 2.22. The highest BCUT2D eigenvalue weighted by atomic mass is 32.1. The Labute approximate surface area is 103 Å². The molecule has 0 spiro atoms. The van der Waals surface area contributed by atoms with Gasteiger partial charge in [0.25, 0.3) is 0 Å². The van der Waals surface area contributed by atoms with Crippen molar-refractivity contribution >= 4 is 17.2 Å². The van der Waals surface area contributed by atoms with E-state index in [0.29, 0.717) is 13.1 Å². The van der Waals surface area contributed by atoms with Crippen LogP contribution in [0.4, 0.5) is 0 Å². The minimum atomic E-state index is -0.423. The summed E-state index contributed by atoms with van der Waals surface area (Å²) in [6, 6.07) is 0. The summed E-state index contributed by atoms with van der Waals surface area (Å²) in [5.41, 5.74) is 0.811. The number of aliphatic hydroxyl groups is 1. The molecule has 1 aliphatic rings. The molecule has 0 radical (unpaired) electrons. The molecule has 1 N–H and O–H groups in total. The van der Waals surface area contributed by atoms with Crippen LogP contribution in [0.5, 0.6) is 0 Å². The maximum atomic E-state index is 12.0. The number of thiazole rings is 1. The van der Waals surface area contributed by atoms with Crippen molar-refractivity contribution in [2.24, 2.45) is 0 Å². The number of amides is 1. The second kappa shape index (κ2) is 5.01. The fourth-order valence-corrected chi connectivity index (χ4v) is 2.75. The number of carbonyl (C=O) groups excluding carboxylic acids is 1. The van der Waals surface area contributed by atoms with Crippen molar-refractivity contribution in [3.05, 3.63) is 20.7 Å². The quantitative estimate of drug-likeness (QED) is 0.822. The van der Waals surface area contributed by atoms with E-state index < -0.39 is 6.10 Å². The number of carbonyl (C=O) groups is 1. The van der Waals surface area contributed by atoms with Crippen LogP contribution in [0.3, 0.4) is 0 Å². The van der Waals surface area contributed by atoms with Crippen LogP contribution >= 0.6 is 11.3 Å². The molecule has 1 saturated heterocycles. The van der Waals surface area contributed by atoms with E-state index in [1.165, 1.54) is 4.57 Å². The third kappa shape index (κ3) is 2.76. The molecule has 2 rings (SSSR count). The lowest BCUT2D eigenvalue weighted by molar-refractivity contribution is -0.134. The van der Waals surface area contributed by atoms with Crippen LogP contribution in [0.2, 0.25) is 0 Å². The minimum absolute atomic E-state index is 0.0842. The zero-order valence-electron chi connectivity index (χ0n) is 9.76. The van der Waals surface area contributed by atoms with Crippen molar-refractivity contribution in [2.75, 3.05) is 13.1 Å². The topological polar surface area (TPSA) is 62.5 Å². The summed E-state index contributed by atoms with van der Waals surface area (Å²) in [6.07, 6.45) is 1.15. The molecule has 1 aromatic rings. The second-order valence-electron chi connectivity index (χ2n) is 4.36. The summed E-state index contributed by atoms with van der Waals surface area (Å²) >= 11 is 1.11. The highest BCUT2D eigenvalue weighted by Crippen LogP contribution is 2.10. The predicted octanol–water partition coefficient (Wildman–Crippen LogP) is 0.202. The van der Waals surface area contributed by atoms with Crippen LogP contribution in [-0.4, -0.2) is 39.7 Å². The highest BCUT2D eigenvalue weighted by molar-refractivity contribution is 7.07. The third-order valence-electron chi connectivity index (χ3n) is 3.02.